The van der Waals surface area contributed by atoms with E-state index in [1.165, 1.54) is 47.1 Å². The Kier molecular flexibility index (Phi) is 11.4. The molecule has 4 aromatic rings. The number of nitrogens with one attached hydrogen (secondary N) is 2. The largest absolute Gasteiger partial charge is 0.508 e. The average molecular weight is 711 g/mol. The number of imide groups is 1. The number of unbranched alkanes of at least 4 members (excludes halogenated alkanes) is 2. The minimum atomic E-state index is -0.588. The quantitative estimate of drug-likeness (QED) is 0.0739. The molecule has 0 bridgehead atoms. The smallest absolute Gasteiger partial charge is 0.255 e. The van der Waals surface area contributed by atoms with Gasteiger partial charge in [0.05, 0.1) is 0 Å². The molecule has 3 aliphatic rings. The second-order valence-electron chi connectivity index (χ2n) is 14.6. The van der Waals surface area contributed by atoms with Gasteiger partial charge in [-0.1, -0.05) is 80.1 Å². The summed E-state index contributed by atoms with van der Waals surface area (Å²) >= 11 is 0. The van der Waals surface area contributed by atoms with Crippen LogP contribution in [0.3, 0.4) is 0 Å². The predicted molar refractivity (Wildman–Crippen MR) is 210 cm³/mol. The maximum atomic E-state index is 13.0. The normalized spacial score (nSPS) is 18.5. The molecule has 53 heavy (non-hydrogen) atoms. The first kappa shape index (κ1) is 36.2. The summed E-state index contributed by atoms with van der Waals surface area (Å²) in [4.78, 5) is 41.1. The summed E-state index contributed by atoms with van der Waals surface area (Å²) in [6, 6.07) is 32.6. The third kappa shape index (κ3) is 8.39. The molecule has 4 aromatic carbocycles. The highest BCUT2D eigenvalue weighted by Gasteiger charge is 2.39. The summed E-state index contributed by atoms with van der Waals surface area (Å²) in [6.07, 6.45) is 7.29. The van der Waals surface area contributed by atoms with Crippen LogP contribution in [0.25, 0.3) is 11.1 Å². The monoisotopic (exact) mass is 710 g/mol. The van der Waals surface area contributed by atoms with Gasteiger partial charge in [0.25, 0.3) is 5.91 Å². The summed E-state index contributed by atoms with van der Waals surface area (Å²) in [5.74, 6) is 0.0603. The fourth-order valence-electron chi connectivity index (χ4n) is 8.27. The molecule has 3 aliphatic heterocycles. The zero-order chi connectivity index (χ0) is 36.7. The second kappa shape index (κ2) is 16.6. The number of benzene rings is 4. The number of rotatable bonds is 13. The molecule has 0 aliphatic carbocycles. The second-order valence-corrected chi connectivity index (χ2v) is 14.6. The molecule has 0 saturated carbocycles. The van der Waals surface area contributed by atoms with Crippen molar-refractivity contribution in [1.29, 1.82) is 0 Å². The van der Waals surface area contributed by atoms with Crippen LogP contribution in [0.2, 0.25) is 0 Å². The van der Waals surface area contributed by atoms with Crippen LogP contribution in [0.5, 0.6) is 5.75 Å². The molecule has 3 N–H and O–H groups in total. The first-order valence-electron chi connectivity index (χ1n) is 19.3. The molecular formula is C45H50N4O4. The lowest BCUT2D eigenvalue weighted by atomic mass is 9.85. The molecule has 1 unspecified atom stereocenters. The van der Waals surface area contributed by atoms with Gasteiger partial charge in [-0.2, -0.15) is 0 Å². The van der Waals surface area contributed by atoms with Gasteiger partial charge in [-0.25, -0.2) is 0 Å². The first-order chi connectivity index (χ1) is 25.9. The highest BCUT2D eigenvalue weighted by Crippen LogP contribution is 2.37. The molecule has 274 valence electrons. The molecular weight excluding hydrogens is 661 g/mol. The van der Waals surface area contributed by atoms with E-state index in [0.717, 1.165) is 62.3 Å². The maximum Gasteiger partial charge on any atom is 0.255 e. The van der Waals surface area contributed by atoms with E-state index in [0.29, 0.717) is 24.4 Å². The van der Waals surface area contributed by atoms with Crippen LogP contribution in [-0.2, 0) is 16.1 Å². The molecule has 3 heterocycles. The Morgan fingerprint density at radius 3 is 2.23 bits per heavy atom. The van der Waals surface area contributed by atoms with E-state index in [1.807, 2.05) is 30.3 Å². The van der Waals surface area contributed by atoms with Crippen molar-refractivity contribution in [2.45, 2.75) is 76.8 Å². The highest BCUT2D eigenvalue weighted by molar-refractivity contribution is 6.05. The Hall–Kier alpha value is -5.21. The Morgan fingerprint density at radius 2 is 1.53 bits per heavy atom. The zero-order valence-corrected chi connectivity index (χ0v) is 30.7. The van der Waals surface area contributed by atoms with Gasteiger partial charge in [0, 0.05) is 30.8 Å². The van der Waals surface area contributed by atoms with Crippen LogP contribution >= 0.6 is 0 Å². The number of carbonyl (C=O) groups excluding carboxylic acids is 3. The Bertz CT molecular complexity index is 1950. The van der Waals surface area contributed by atoms with E-state index < -0.39 is 6.04 Å². The van der Waals surface area contributed by atoms with Gasteiger partial charge in [0.1, 0.15) is 11.8 Å². The van der Waals surface area contributed by atoms with Crippen LogP contribution < -0.4 is 10.6 Å². The van der Waals surface area contributed by atoms with Crippen molar-refractivity contribution in [1.82, 2.24) is 15.1 Å². The van der Waals surface area contributed by atoms with Crippen LogP contribution in [0.15, 0.2) is 97.1 Å². The van der Waals surface area contributed by atoms with E-state index in [1.54, 1.807) is 17.0 Å². The minimum Gasteiger partial charge on any atom is -0.508 e. The van der Waals surface area contributed by atoms with Gasteiger partial charge in [0.2, 0.25) is 11.8 Å². The van der Waals surface area contributed by atoms with Gasteiger partial charge in [0.15, 0.2) is 0 Å². The predicted octanol–water partition coefficient (Wildman–Crippen LogP) is 7.98. The zero-order valence-electron chi connectivity index (χ0n) is 30.7. The van der Waals surface area contributed by atoms with E-state index in [2.05, 4.69) is 77.1 Å². The van der Waals surface area contributed by atoms with E-state index >= 15 is 0 Å². The van der Waals surface area contributed by atoms with Crippen LogP contribution in [0.4, 0.5) is 5.69 Å². The molecule has 8 nitrogen and oxygen atoms in total. The van der Waals surface area contributed by atoms with E-state index in [9.17, 15) is 19.5 Å². The fraction of sp³-hybridized carbons (Fsp3) is 0.356. The van der Waals surface area contributed by atoms with E-state index in [-0.39, 0.29) is 29.9 Å². The number of aromatic hydroxyl groups is 1. The van der Waals surface area contributed by atoms with Gasteiger partial charge in [-0.15, -0.1) is 0 Å². The minimum absolute atomic E-state index is 0.138. The first-order valence-corrected chi connectivity index (χ1v) is 19.3. The van der Waals surface area contributed by atoms with Crippen molar-refractivity contribution in [3.63, 3.8) is 0 Å². The number of allylic oxidation sites excluding steroid dienone is 1. The van der Waals surface area contributed by atoms with Crippen molar-refractivity contribution in [2.75, 3.05) is 31.5 Å². The molecule has 0 aromatic heterocycles. The van der Waals surface area contributed by atoms with Crippen molar-refractivity contribution < 1.29 is 19.5 Å². The van der Waals surface area contributed by atoms with Gasteiger partial charge >= 0.3 is 0 Å². The summed E-state index contributed by atoms with van der Waals surface area (Å²) < 4.78 is 0. The van der Waals surface area contributed by atoms with Gasteiger partial charge in [-0.05, 0) is 133 Å². The van der Waals surface area contributed by atoms with Gasteiger partial charge in [-0.3, -0.25) is 19.7 Å². The number of carbonyl (C=O) groups is 3. The highest BCUT2D eigenvalue weighted by atomic mass is 16.3. The fourth-order valence-corrected chi connectivity index (χ4v) is 8.27. The number of fused-ring (bicyclic) bond motifs is 1. The number of hydrogen-bond donors (Lipinski definition) is 3. The Balaban J connectivity index is 0.860. The van der Waals surface area contributed by atoms with Crippen LogP contribution in [-0.4, -0.2) is 64.8 Å². The molecule has 2 fully saturated rings. The third-order valence-corrected chi connectivity index (χ3v) is 11.2. The number of anilines is 1. The topological polar surface area (TPSA) is 102 Å². The molecule has 2 saturated heterocycles. The summed E-state index contributed by atoms with van der Waals surface area (Å²) in [5, 5.41) is 15.9. The van der Waals surface area contributed by atoms with Crippen molar-refractivity contribution in [3.05, 3.63) is 130 Å². The molecule has 3 amide bonds. The lowest BCUT2D eigenvalue weighted by Crippen LogP contribution is -2.52. The van der Waals surface area contributed by atoms with Gasteiger partial charge < -0.3 is 20.2 Å². The third-order valence-electron chi connectivity index (χ3n) is 11.2. The molecule has 1 atom stereocenters. The van der Waals surface area contributed by atoms with E-state index in [4.69, 9.17) is 0 Å². The average Bonchev–Trinajstić information content (AvgIpc) is 3.51. The number of likely N-dealkylation sites (tertiary alicyclic amines) is 1. The standard InChI is InChI=1S/C45H50N4O4/c1-2-39(33-9-5-3-6-10-33)43(35-15-18-38(50)19-16-35)34-13-11-31(12-14-34)32-23-27-48(28-24-32)26-8-4-7-25-46-37-17-20-40-36(29-37)30-49(45(40)53)41-21-22-42(51)47-44(41)52/h3,5-6,9-20,29,32,41,46,50H,2,4,7-8,21-28,30H2,1H3,(H,47,51,52)/b43-39+. The van der Waals surface area contributed by atoms with Crippen molar-refractivity contribution >= 4 is 34.6 Å². The Morgan fingerprint density at radius 1 is 0.811 bits per heavy atom. The lowest BCUT2D eigenvalue weighted by Gasteiger charge is -2.32. The van der Waals surface area contributed by atoms with Crippen molar-refractivity contribution in [3.8, 4) is 5.75 Å². The van der Waals surface area contributed by atoms with Crippen LogP contribution in [0.1, 0.15) is 102 Å². The lowest BCUT2D eigenvalue weighted by molar-refractivity contribution is -0.136. The number of piperidine rings is 2. The maximum absolute atomic E-state index is 13.0. The summed E-state index contributed by atoms with van der Waals surface area (Å²) in [7, 11) is 0. The number of hydrogen-bond acceptors (Lipinski definition) is 6. The number of nitrogens with zero attached hydrogens (tertiary/aromatic N) is 2. The molecule has 8 heteroatoms. The molecule has 0 spiro atoms. The Labute approximate surface area is 312 Å². The molecule has 7 rings (SSSR count). The number of phenolic OH excluding ortho intramolecular Hbond substituents is 1. The number of phenols is 1. The number of amides is 3. The molecule has 0 radical (unpaired) electrons. The SMILES string of the molecule is CC/C(=C(\c1ccc(O)cc1)c1ccc(C2CCN(CCCCCNc3ccc4c(c3)CN(C3CCC(=O)NC3=O)C4=O)CC2)cc1)c1ccccc1. The van der Waals surface area contributed by atoms with Crippen molar-refractivity contribution in [2.24, 2.45) is 0 Å². The van der Waals surface area contributed by atoms with Crippen LogP contribution in [0, 0.1) is 0 Å². The summed E-state index contributed by atoms with van der Waals surface area (Å²) in [6.45, 7) is 6.86. The summed E-state index contributed by atoms with van der Waals surface area (Å²) in [5.41, 5.74) is 10.0.